The smallest absolute Gasteiger partial charge is 0.0460 e. The SMILES string of the molecule is CC[C@@H]1C[C@H](CO)CCN1.Cl. The van der Waals surface area contributed by atoms with Gasteiger partial charge in [-0.05, 0) is 31.7 Å². The van der Waals surface area contributed by atoms with Crippen LogP contribution in [0.4, 0.5) is 0 Å². The molecular formula is C8H18ClNO. The average molecular weight is 180 g/mol. The molecule has 1 aliphatic rings. The molecule has 1 rings (SSSR count). The second-order valence-corrected chi connectivity index (χ2v) is 3.13. The Balaban J connectivity index is 0.000001000. The van der Waals surface area contributed by atoms with Crippen molar-refractivity contribution in [3.05, 3.63) is 0 Å². The molecular weight excluding hydrogens is 162 g/mol. The summed E-state index contributed by atoms with van der Waals surface area (Å²) in [6, 6.07) is 0.658. The maximum atomic E-state index is 8.88. The minimum Gasteiger partial charge on any atom is -0.396 e. The van der Waals surface area contributed by atoms with E-state index in [1.807, 2.05) is 0 Å². The summed E-state index contributed by atoms with van der Waals surface area (Å²) in [5.41, 5.74) is 0. The van der Waals surface area contributed by atoms with Gasteiger partial charge in [0.1, 0.15) is 0 Å². The van der Waals surface area contributed by atoms with Crippen molar-refractivity contribution in [3.63, 3.8) is 0 Å². The van der Waals surface area contributed by atoms with Crippen molar-refractivity contribution in [1.82, 2.24) is 5.32 Å². The standard InChI is InChI=1S/C8H17NO.ClH/c1-2-8-5-7(6-10)3-4-9-8;/h7-10H,2-6H2,1H3;1H/t7-,8-;/m1./s1. The molecule has 2 N–H and O–H groups in total. The number of rotatable bonds is 2. The van der Waals surface area contributed by atoms with Gasteiger partial charge in [-0.3, -0.25) is 0 Å². The second-order valence-electron chi connectivity index (χ2n) is 3.13. The molecule has 0 saturated carbocycles. The molecule has 1 aliphatic heterocycles. The van der Waals surface area contributed by atoms with Crippen molar-refractivity contribution < 1.29 is 5.11 Å². The van der Waals surface area contributed by atoms with Gasteiger partial charge in [-0.2, -0.15) is 0 Å². The topological polar surface area (TPSA) is 32.3 Å². The van der Waals surface area contributed by atoms with Crippen LogP contribution in [0.25, 0.3) is 0 Å². The van der Waals surface area contributed by atoms with Gasteiger partial charge < -0.3 is 10.4 Å². The summed E-state index contributed by atoms with van der Waals surface area (Å²) in [5, 5.41) is 12.3. The Bertz CT molecular complexity index is 90.1. The minimum absolute atomic E-state index is 0. The molecule has 0 aromatic carbocycles. The first-order chi connectivity index (χ1) is 4.86. The van der Waals surface area contributed by atoms with Gasteiger partial charge in [-0.1, -0.05) is 6.92 Å². The van der Waals surface area contributed by atoms with Gasteiger partial charge in [0.2, 0.25) is 0 Å². The number of aliphatic hydroxyl groups is 1. The third kappa shape index (κ3) is 3.41. The van der Waals surface area contributed by atoms with E-state index < -0.39 is 0 Å². The normalized spacial score (nSPS) is 31.1. The predicted molar refractivity (Wildman–Crippen MR) is 49.1 cm³/mol. The number of hydrogen-bond acceptors (Lipinski definition) is 2. The summed E-state index contributed by atoms with van der Waals surface area (Å²) in [7, 11) is 0. The Kier molecular flexibility index (Phi) is 5.92. The highest BCUT2D eigenvalue weighted by Gasteiger charge is 2.18. The lowest BCUT2D eigenvalue weighted by atomic mass is 9.92. The van der Waals surface area contributed by atoms with Gasteiger partial charge in [0.15, 0.2) is 0 Å². The van der Waals surface area contributed by atoms with Crippen molar-refractivity contribution in [2.45, 2.75) is 32.2 Å². The summed E-state index contributed by atoms with van der Waals surface area (Å²) < 4.78 is 0. The average Bonchev–Trinajstić information content (AvgIpc) is 2.05. The molecule has 68 valence electrons. The van der Waals surface area contributed by atoms with Crippen molar-refractivity contribution in [2.75, 3.05) is 13.2 Å². The molecule has 0 spiro atoms. The van der Waals surface area contributed by atoms with Crippen LogP contribution in [0.3, 0.4) is 0 Å². The van der Waals surface area contributed by atoms with Gasteiger partial charge in [0.05, 0.1) is 0 Å². The molecule has 1 saturated heterocycles. The largest absolute Gasteiger partial charge is 0.396 e. The van der Waals surface area contributed by atoms with Crippen molar-refractivity contribution in [2.24, 2.45) is 5.92 Å². The van der Waals surface area contributed by atoms with Crippen LogP contribution in [0, 0.1) is 5.92 Å². The van der Waals surface area contributed by atoms with E-state index in [9.17, 15) is 0 Å². The van der Waals surface area contributed by atoms with E-state index in [2.05, 4.69) is 12.2 Å². The quantitative estimate of drug-likeness (QED) is 0.668. The Morgan fingerprint density at radius 2 is 2.27 bits per heavy atom. The third-order valence-electron chi connectivity index (χ3n) is 2.35. The van der Waals surface area contributed by atoms with E-state index in [0.717, 1.165) is 19.4 Å². The summed E-state index contributed by atoms with van der Waals surface area (Å²) in [4.78, 5) is 0. The fourth-order valence-electron chi connectivity index (χ4n) is 1.57. The molecule has 3 heteroatoms. The minimum atomic E-state index is 0. The van der Waals surface area contributed by atoms with E-state index in [4.69, 9.17) is 5.11 Å². The van der Waals surface area contributed by atoms with E-state index in [1.54, 1.807) is 0 Å². The lowest BCUT2D eigenvalue weighted by Gasteiger charge is -2.28. The molecule has 1 heterocycles. The van der Waals surface area contributed by atoms with Crippen LogP contribution in [0.2, 0.25) is 0 Å². The van der Waals surface area contributed by atoms with Gasteiger partial charge in [-0.25, -0.2) is 0 Å². The third-order valence-corrected chi connectivity index (χ3v) is 2.35. The molecule has 0 aromatic rings. The first-order valence-corrected chi connectivity index (χ1v) is 4.21. The zero-order valence-electron chi connectivity index (χ0n) is 7.05. The molecule has 0 aliphatic carbocycles. The Morgan fingerprint density at radius 3 is 2.82 bits per heavy atom. The molecule has 0 unspecified atom stereocenters. The number of nitrogens with one attached hydrogen (secondary N) is 1. The molecule has 0 bridgehead atoms. The van der Waals surface area contributed by atoms with E-state index in [1.165, 1.54) is 6.42 Å². The van der Waals surface area contributed by atoms with Crippen LogP contribution < -0.4 is 5.32 Å². The van der Waals surface area contributed by atoms with E-state index in [-0.39, 0.29) is 12.4 Å². The van der Waals surface area contributed by atoms with E-state index in [0.29, 0.717) is 18.6 Å². The summed E-state index contributed by atoms with van der Waals surface area (Å²) in [5.74, 6) is 0.561. The van der Waals surface area contributed by atoms with Crippen molar-refractivity contribution in [1.29, 1.82) is 0 Å². The monoisotopic (exact) mass is 179 g/mol. The summed E-state index contributed by atoms with van der Waals surface area (Å²) in [6.07, 6.45) is 3.50. The van der Waals surface area contributed by atoms with Crippen LogP contribution in [-0.4, -0.2) is 24.3 Å². The molecule has 0 radical (unpaired) electrons. The zero-order chi connectivity index (χ0) is 7.40. The lowest BCUT2D eigenvalue weighted by molar-refractivity contribution is 0.174. The second kappa shape index (κ2) is 5.81. The summed E-state index contributed by atoms with van der Waals surface area (Å²) >= 11 is 0. The zero-order valence-corrected chi connectivity index (χ0v) is 7.86. The van der Waals surface area contributed by atoms with Crippen LogP contribution in [0.1, 0.15) is 26.2 Å². The van der Waals surface area contributed by atoms with Crippen LogP contribution in [-0.2, 0) is 0 Å². The molecule has 1 fully saturated rings. The Hall–Kier alpha value is 0.210. The predicted octanol–water partition coefficient (Wildman–Crippen LogP) is 1.18. The molecule has 2 atom stereocenters. The maximum Gasteiger partial charge on any atom is 0.0460 e. The number of aliphatic hydroxyl groups excluding tert-OH is 1. The summed E-state index contributed by atoms with van der Waals surface area (Å²) in [6.45, 7) is 3.65. The van der Waals surface area contributed by atoms with Crippen LogP contribution in [0.15, 0.2) is 0 Å². The van der Waals surface area contributed by atoms with Gasteiger partial charge >= 0.3 is 0 Å². The lowest BCUT2D eigenvalue weighted by Crippen LogP contribution is -2.38. The van der Waals surface area contributed by atoms with Crippen molar-refractivity contribution in [3.8, 4) is 0 Å². The van der Waals surface area contributed by atoms with Crippen molar-refractivity contribution >= 4 is 12.4 Å². The number of halogens is 1. The number of hydrogen-bond donors (Lipinski definition) is 2. The number of piperidine rings is 1. The molecule has 11 heavy (non-hydrogen) atoms. The maximum absolute atomic E-state index is 8.88. The first kappa shape index (κ1) is 11.2. The van der Waals surface area contributed by atoms with Gasteiger partial charge in [-0.15, -0.1) is 12.4 Å². The Morgan fingerprint density at radius 1 is 1.55 bits per heavy atom. The highest BCUT2D eigenvalue weighted by Crippen LogP contribution is 2.16. The fourth-order valence-corrected chi connectivity index (χ4v) is 1.57. The molecule has 0 amide bonds. The highest BCUT2D eigenvalue weighted by atomic mass is 35.5. The van der Waals surface area contributed by atoms with Crippen LogP contribution >= 0.6 is 12.4 Å². The van der Waals surface area contributed by atoms with E-state index >= 15 is 0 Å². The van der Waals surface area contributed by atoms with Crippen LogP contribution in [0.5, 0.6) is 0 Å². The van der Waals surface area contributed by atoms with Gasteiger partial charge in [0, 0.05) is 12.6 Å². The molecule has 2 nitrogen and oxygen atoms in total. The highest BCUT2D eigenvalue weighted by molar-refractivity contribution is 5.85. The fraction of sp³-hybridized carbons (Fsp3) is 1.00. The Labute approximate surface area is 74.8 Å². The first-order valence-electron chi connectivity index (χ1n) is 4.21. The molecule has 0 aromatic heterocycles. The van der Waals surface area contributed by atoms with Gasteiger partial charge in [0.25, 0.3) is 0 Å².